The maximum Gasteiger partial charge on any atom is 0.278 e. The molecule has 1 aliphatic carbocycles. The van der Waals surface area contributed by atoms with Gasteiger partial charge in [0.15, 0.2) is 5.75 Å². The van der Waals surface area contributed by atoms with Gasteiger partial charge in [-0.1, -0.05) is 52.0 Å². The molecular formula is C22H33N2O2Y-. The van der Waals surface area contributed by atoms with E-state index in [0.717, 1.165) is 30.4 Å². The van der Waals surface area contributed by atoms with Crippen LogP contribution in [0.1, 0.15) is 64.3 Å². The van der Waals surface area contributed by atoms with Crippen molar-refractivity contribution in [2.45, 2.75) is 66.3 Å². The van der Waals surface area contributed by atoms with E-state index in [2.05, 4.69) is 18.9 Å². The molecule has 0 amide bonds. The maximum atomic E-state index is 13.0. The third kappa shape index (κ3) is 5.74. The predicted octanol–water partition coefficient (Wildman–Crippen LogP) is 5.32. The van der Waals surface area contributed by atoms with Gasteiger partial charge in [0.05, 0.1) is 11.6 Å². The van der Waals surface area contributed by atoms with Gasteiger partial charge in [0.2, 0.25) is 0 Å². The number of rotatable bonds is 4. The summed E-state index contributed by atoms with van der Waals surface area (Å²) in [5, 5.41) is 15.2. The fraction of sp³-hybridized carbons (Fsp3) is 0.500. The fourth-order valence-corrected chi connectivity index (χ4v) is 3.08. The average molecular weight is 446 g/mol. The van der Waals surface area contributed by atoms with E-state index in [1.54, 1.807) is 4.68 Å². The van der Waals surface area contributed by atoms with Crippen LogP contribution in [0.3, 0.4) is 0 Å². The van der Waals surface area contributed by atoms with Crippen LogP contribution in [0.4, 0.5) is 0 Å². The van der Waals surface area contributed by atoms with Gasteiger partial charge in [-0.25, -0.2) is 4.68 Å². The molecule has 1 radical (unpaired) electrons. The van der Waals surface area contributed by atoms with Gasteiger partial charge in [-0.05, 0) is 49.7 Å². The zero-order valence-corrected chi connectivity index (χ0v) is 20.5. The molecule has 1 N–H and O–H groups in total. The molecule has 5 heteroatoms. The first-order chi connectivity index (χ1) is 12.0. The standard InChI is InChI=1S/C19H24N2O2.C2H6.CH3.Y/c1-12(2)11-16-18(22)17(15-10-5-4-7-13(15)3)19(23)21(20-16)14-8-6-9-14;1-2;;/h4-5,7,10,12,14,22H,6,8-9,11H2,1-3H3;1-2H3;1H3;/q;;-1;. The van der Waals surface area contributed by atoms with Gasteiger partial charge in [-0.15, -0.1) is 0 Å². The van der Waals surface area contributed by atoms with E-state index in [1.807, 2.05) is 45.0 Å². The first kappa shape index (κ1) is 26.0. The molecule has 1 aliphatic rings. The molecule has 1 heterocycles. The molecule has 1 fully saturated rings. The first-order valence-electron chi connectivity index (χ1n) is 9.39. The summed E-state index contributed by atoms with van der Waals surface area (Å²) in [6, 6.07) is 7.88. The van der Waals surface area contributed by atoms with E-state index in [0.29, 0.717) is 23.6 Å². The minimum atomic E-state index is -0.172. The molecule has 0 spiro atoms. The summed E-state index contributed by atoms with van der Waals surface area (Å²) in [6.45, 7) is 10.1. The van der Waals surface area contributed by atoms with Crippen molar-refractivity contribution in [2.75, 3.05) is 0 Å². The van der Waals surface area contributed by atoms with Gasteiger partial charge >= 0.3 is 0 Å². The van der Waals surface area contributed by atoms with E-state index in [-0.39, 0.29) is 57.5 Å². The number of nitrogens with zero attached hydrogens (tertiary/aromatic N) is 2. The van der Waals surface area contributed by atoms with Crippen molar-refractivity contribution in [1.29, 1.82) is 0 Å². The Morgan fingerprint density at radius 3 is 2.30 bits per heavy atom. The summed E-state index contributed by atoms with van der Waals surface area (Å²) in [6.07, 6.45) is 3.79. The second kappa shape index (κ2) is 11.8. The van der Waals surface area contributed by atoms with Crippen LogP contribution in [0.15, 0.2) is 29.1 Å². The van der Waals surface area contributed by atoms with Crippen LogP contribution in [0.5, 0.6) is 5.75 Å². The maximum absolute atomic E-state index is 13.0. The number of hydrogen-bond acceptors (Lipinski definition) is 3. The molecule has 3 rings (SSSR count). The molecule has 2 aromatic rings. The first-order valence-corrected chi connectivity index (χ1v) is 9.39. The Kier molecular flexibility index (Phi) is 11.3. The Balaban J connectivity index is 0.00000164. The van der Waals surface area contributed by atoms with Crippen LogP contribution in [0.25, 0.3) is 11.1 Å². The second-order valence-electron chi connectivity index (χ2n) is 6.92. The molecular weight excluding hydrogens is 413 g/mol. The second-order valence-corrected chi connectivity index (χ2v) is 6.92. The smallest absolute Gasteiger partial charge is 0.278 e. The average Bonchev–Trinajstić information content (AvgIpc) is 2.54. The van der Waals surface area contributed by atoms with Crippen LogP contribution in [-0.2, 0) is 39.1 Å². The van der Waals surface area contributed by atoms with Gasteiger partial charge in [0, 0.05) is 32.7 Å². The molecule has 0 bridgehead atoms. The molecule has 147 valence electrons. The number of benzene rings is 1. The number of aromatic hydroxyl groups is 1. The van der Waals surface area contributed by atoms with E-state index in [1.165, 1.54) is 0 Å². The number of hydrogen-bond donors (Lipinski definition) is 1. The van der Waals surface area contributed by atoms with Crippen LogP contribution >= 0.6 is 0 Å². The molecule has 0 aliphatic heterocycles. The molecule has 4 nitrogen and oxygen atoms in total. The van der Waals surface area contributed by atoms with E-state index >= 15 is 0 Å². The number of aryl methyl sites for hydroxylation is 1. The Morgan fingerprint density at radius 2 is 1.81 bits per heavy atom. The summed E-state index contributed by atoms with van der Waals surface area (Å²) >= 11 is 0. The van der Waals surface area contributed by atoms with Gasteiger partial charge in [-0.3, -0.25) is 4.79 Å². The van der Waals surface area contributed by atoms with Crippen molar-refractivity contribution in [2.24, 2.45) is 5.92 Å². The van der Waals surface area contributed by atoms with Crippen LogP contribution in [0, 0.1) is 20.3 Å². The normalized spacial score (nSPS) is 13.0. The van der Waals surface area contributed by atoms with Crippen LogP contribution in [-0.4, -0.2) is 14.9 Å². The summed E-state index contributed by atoms with van der Waals surface area (Å²) in [4.78, 5) is 13.0. The van der Waals surface area contributed by atoms with Gasteiger partial charge in [-0.2, -0.15) is 5.10 Å². The molecule has 0 atom stereocenters. The van der Waals surface area contributed by atoms with E-state index in [9.17, 15) is 9.90 Å². The third-order valence-corrected chi connectivity index (χ3v) is 4.60. The van der Waals surface area contributed by atoms with Gasteiger partial charge in [0.25, 0.3) is 5.56 Å². The molecule has 0 unspecified atom stereocenters. The summed E-state index contributed by atoms with van der Waals surface area (Å²) in [5.41, 5.74) is 2.65. The number of aromatic nitrogens is 2. The van der Waals surface area contributed by atoms with Gasteiger partial charge in [0.1, 0.15) is 5.69 Å². The minimum Gasteiger partial charge on any atom is -0.505 e. The SMILES string of the molecule is CC.Cc1ccccc1-c1c(O)c(CC(C)C)nn(C2CCC2)c1=O.[CH3-].[Y]. The van der Waals surface area contributed by atoms with Crippen LogP contribution in [0.2, 0.25) is 0 Å². The molecule has 1 saturated carbocycles. The van der Waals surface area contributed by atoms with Crippen molar-refractivity contribution in [3.8, 4) is 16.9 Å². The topological polar surface area (TPSA) is 55.1 Å². The molecule has 0 saturated heterocycles. The Labute approximate surface area is 189 Å². The molecule has 27 heavy (non-hydrogen) atoms. The van der Waals surface area contributed by atoms with Crippen molar-refractivity contribution in [1.82, 2.24) is 9.78 Å². The predicted molar refractivity (Wildman–Crippen MR) is 110 cm³/mol. The Hall–Kier alpha value is -0.996. The van der Waals surface area contributed by atoms with Crippen LogP contribution < -0.4 is 5.56 Å². The van der Waals surface area contributed by atoms with Crippen molar-refractivity contribution < 1.29 is 37.8 Å². The molecule has 1 aromatic heterocycles. The zero-order chi connectivity index (χ0) is 18.6. The summed E-state index contributed by atoms with van der Waals surface area (Å²) in [7, 11) is 0. The zero-order valence-electron chi connectivity index (χ0n) is 17.6. The Bertz CT molecular complexity index is 780. The summed E-state index contributed by atoms with van der Waals surface area (Å²) < 4.78 is 1.61. The minimum absolute atomic E-state index is 0. The van der Waals surface area contributed by atoms with E-state index in [4.69, 9.17) is 0 Å². The monoisotopic (exact) mass is 446 g/mol. The van der Waals surface area contributed by atoms with Crippen molar-refractivity contribution in [3.05, 3.63) is 53.3 Å². The largest absolute Gasteiger partial charge is 0.505 e. The summed E-state index contributed by atoms with van der Waals surface area (Å²) in [5.74, 6) is 0.416. The Morgan fingerprint density at radius 1 is 1.22 bits per heavy atom. The third-order valence-electron chi connectivity index (χ3n) is 4.60. The van der Waals surface area contributed by atoms with Crippen molar-refractivity contribution in [3.63, 3.8) is 0 Å². The fourth-order valence-electron chi connectivity index (χ4n) is 3.08. The van der Waals surface area contributed by atoms with Crippen molar-refractivity contribution >= 4 is 0 Å². The molecule has 1 aromatic carbocycles. The van der Waals surface area contributed by atoms with Gasteiger partial charge < -0.3 is 12.5 Å². The van der Waals surface area contributed by atoms with E-state index < -0.39 is 0 Å². The quantitative estimate of drug-likeness (QED) is 0.647.